The van der Waals surface area contributed by atoms with Gasteiger partial charge in [-0.3, -0.25) is 14.5 Å². The number of hydrogen-bond acceptors (Lipinski definition) is 3. The molecule has 0 bridgehead atoms. The smallest absolute Gasteiger partial charge is 0.229 e. The standard InChI is InChI=1S/C12H20N2O2/c13-8-9-4-1-2-5-10(9)14-11(15)6-3-7-12(14)16/h9-10H,1-8,13H2. The van der Waals surface area contributed by atoms with Crippen molar-refractivity contribution in [3.8, 4) is 0 Å². The first-order valence-electron chi connectivity index (χ1n) is 6.29. The molecule has 2 rings (SSSR count). The Labute approximate surface area is 96.2 Å². The number of piperidine rings is 1. The predicted octanol–water partition coefficient (Wildman–Crippen LogP) is 1.04. The highest BCUT2D eigenvalue weighted by atomic mass is 16.2. The molecule has 0 radical (unpaired) electrons. The molecule has 0 aromatic rings. The van der Waals surface area contributed by atoms with E-state index in [0.29, 0.717) is 31.7 Å². The van der Waals surface area contributed by atoms with Crippen molar-refractivity contribution in [2.45, 2.75) is 51.0 Å². The monoisotopic (exact) mass is 224 g/mol. The van der Waals surface area contributed by atoms with Gasteiger partial charge in [0.15, 0.2) is 0 Å². The predicted molar refractivity (Wildman–Crippen MR) is 60.5 cm³/mol. The first kappa shape index (κ1) is 11.6. The van der Waals surface area contributed by atoms with Crippen molar-refractivity contribution in [3.05, 3.63) is 0 Å². The third-order valence-electron chi connectivity index (χ3n) is 3.82. The summed E-state index contributed by atoms with van der Waals surface area (Å²) in [4.78, 5) is 25.2. The Bertz CT molecular complexity index is 275. The molecule has 2 amide bonds. The minimum absolute atomic E-state index is 0.0154. The maximum Gasteiger partial charge on any atom is 0.229 e. The minimum atomic E-state index is 0.0154. The number of nitrogens with zero attached hydrogens (tertiary/aromatic N) is 1. The number of amides is 2. The third-order valence-corrected chi connectivity index (χ3v) is 3.82. The molecule has 4 heteroatoms. The molecule has 2 unspecified atom stereocenters. The topological polar surface area (TPSA) is 63.4 Å². The SMILES string of the molecule is NCC1CCCCC1N1C(=O)CCCC1=O. The fourth-order valence-corrected chi connectivity index (χ4v) is 2.94. The zero-order valence-corrected chi connectivity index (χ0v) is 9.65. The van der Waals surface area contributed by atoms with Gasteiger partial charge in [0, 0.05) is 18.9 Å². The summed E-state index contributed by atoms with van der Waals surface area (Å²) in [6.45, 7) is 0.585. The zero-order chi connectivity index (χ0) is 11.5. The van der Waals surface area contributed by atoms with Crippen molar-refractivity contribution >= 4 is 11.8 Å². The van der Waals surface area contributed by atoms with Crippen molar-refractivity contribution in [1.29, 1.82) is 0 Å². The molecular formula is C12H20N2O2. The van der Waals surface area contributed by atoms with Crippen LogP contribution in [0.25, 0.3) is 0 Å². The lowest BCUT2D eigenvalue weighted by molar-refractivity contribution is -0.153. The first-order valence-corrected chi connectivity index (χ1v) is 6.29. The van der Waals surface area contributed by atoms with Gasteiger partial charge in [-0.1, -0.05) is 12.8 Å². The quantitative estimate of drug-likeness (QED) is 0.713. The second-order valence-corrected chi connectivity index (χ2v) is 4.86. The van der Waals surface area contributed by atoms with Crippen LogP contribution < -0.4 is 5.73 Å². The summed E-state index contributed by atoms with van der Waals surface area (Å²) in [5.41, 5.74) is 5.74. The largest absolute Gasteiger partial charge is 0.330 e. The van der Waals surface area contributed by atoms with E-state index in [-0.39, 0.29) is 17.9 Å². The third kappa shape index (κ3) is 2.12. The van der Waals surface area contributed by atoms with Gasteiger partial charge in [0.25, 0.3) is 0 Å². The molecule has 2 atom stereocenters. The van der Waals surface area contributed by atoms with Crippen LogP contribution in [0.1, 0.15) is 44.9 Å². The van der Waals surface area contributed by atoms with E-state index in [9.17, 15) is 9.59 Å². The van der Waals surface area contributed by atoms with E-state index < -0.39 is 0 Å². The van der Waals surface area contributed by atoms with Crippen molar-refractivity contribution in [2.24, 2.45) is 11.7 Å². The Hall–Kier alpha value is -0.900. The van der Waals surface area contributed by atoms with Crippen molar-refractivity contribution < 1.29 is 9.59 Å². The fourth-order valence-electron chi connectivity index (χ4n) is 2.94. The van der Waals surface area contributed by atoms with Gasteiger partial charge in [-0.15, -0.1) is 0 Å². The van der Waals surface area contributed by atoms with E-state index in [2.05, 4.69) is 0 Å². The number of imide groups is 1. The molecule has 2 fully saturated rings. The summed E-state index contributed by atoms with van der Waals surface area (Å²) in [6, 6.07) is 0.0825. The summed E-state index contributed by atoms with van der Waals surface area (Å²) < 4.78 is 0. The van der Waals surface area contributed by atoms with Gasteiger partial charge in [-0.2, -0.15) is 0 Å². The molecular weight excluding hydrogens is 204 g/mol. The molecule has 1 saturated heterocycles. The van der Waals surface area contributed by atoms with E-state index >= 15 is 0 Å². The van der Waals surface area contributed by atoms with E-state index in [4.69, 9.17) is 5.73 Å². The fraction of sp³-hybridized carbons (Fsp3) is 0.833. The van der Waals surface area contributed by atoms with Crippen LogP contribution in [0.15, 0.2) is 0 Å². The molecule has 1 aliphatic carbocycles. The van der Waals surface area contributed by atoms with E-state index in [1.54, 1.807) is 0 Å². The number of carbonyl (C=O) groups excluding carboxylic acids is 2. The van der Waals surface area contributed by atoms with E-state index in [0.717, 1.165) is 19.3 Å². The summed E-state index contributed by atoms with van der Waals surface area (Å²) in [6.07, 6.45) is 6.05. The minimum Gasteiger partial charge on any atom is -0.330 e. The Morgan fingerprint density at radius 2 is 1.69 bits per heavy atom. The highest BCUT2D eigenvalue weighted by Crippen LogP contribution is 2.30. The van der Waals surface area contributed by atoms with Crippen LogP contribution in [-0.2, 0) is 9.59 Å². The van der Waals surface area contributed by atoms with Gasteiger partial charge in [-0.05, 0) is 31.7 Å². The van der Waals surface area contributed by atoms with Crippen LogP contribution in [0, 0.1) is 5.92 Å². The molecule has 1 saturated carbocycles. The normalized spacial score (nSPS) is 31.9. The molecule has 90 valence electrons. The second-order valence-electron chi connectivity index (χ2n) is 4.86. The number of carbonyl (C=O) groups is 2. The summed E-state index contributed by atoms with van der Waals surface area (Å²) in [5.74, 6) is 0.350. The summed E-state index contributed by atoms with van der Waals surface area (Å²) in [7, 11) is 0. The van der Waals surface area contributed by atoms with Gasteiger partial charge in [-0.25, -0.2) is 0 Å². The lowest BCUT2D eigenvalue weighted by Gasteiger charge is -2.40. The maximum absolute atomic E-state index is 11.8. The number of likely N-dealkylation sites (tertiary alicyclic amines) is 1. The van der Waals surface area contributed by atoms with E-state index in [1.165, 1.54) is 11.3 Å². The molecule has 0 aromatic heterocycles. The Kier molecular flexibility index (Phi) is 3.59. The van der Waals surface area contributed by atoms with Crippen LogP contribution in [0.5, 0.6) is 0 Å². The van der Waals surface area contributed by atoms with Gasteiger partial charge >= 0.3 is 0 Å². The number of nitrogens with two attached hydrogens (primary N) is 1. The highest BCUT2D eigenvalue weighted by Gasteiger charge is 2.37. The summed E-state index contributed by atoms with van der Waals surface area (Å²) >= 11 is 0. The van der Waals surface area contributed by atoms with Gasteiger partial charge in [0.1, 0.15) is 0 Å². The summed E-state index contributed by atoms with van der Waals surface area (Å²) in [5, 5.41) is 0. The molecule has 16 heavy (non-hydrogen) atoms. The molecule has 1 heterocycles. The number of rotatable bonds is 2. The highest BCUT2D eigenvalue weighted by molar-refractivity contribution is 5.97. The Morgan fingerprint density at radius 1 is 1.06 bits per heavy atom. The zero-order valence-electron chi connectivity index (χ0n) is 9.65. The molecule has 0 aromatic carbocycles. The average molecular weight is 224 g/mol. The number of hydrogen-bond donors (Lipinski definition) is 1. The van der Waals surface area contributed by atoms with Crippen LogP contribution in [0.4, 0.5) is 0 Å². The molecule has 4 nitrogen and oxygen atoms in total. The molecule has 1 aliphatic heterocycles. The first-order chi connectivity index (χ1) is 7.74. The van der Waals surface area contributed by atoms with Crippen LogP contribution in [0.3, 0.4) is 0 Å². The van der Waals surface area contributed by atoms with Gasteiger partial charge in [0.05, 0.1) is 0 Å². The van der Waals surface area contributed by atoms with Crippen LogP contribution in [0.2, 0.25) is 0 Å². The Balaban J connectivity index is 2.13. The van der Waals surface area contributed by atoms with Crippen LogP contribution in [-0.4, -0.2) is 29.3 Å². The van der Waals surface area contributed by atoms with Crippen LogP contribution >= 0.6 is 0 Å². The van der Waals surface area contributed by atoms with Gasteiger partial charge < -0.3 is 5.73 Å². The maximum atomic E-state index is 11.8. The van der Waals surface area contributed by atoms with Crippen molar-refractivity contribution in [1.82, 2.24) is 4.90 Å². The lowest BCUT2D eigenvalue weighted by Crippen LogP contribution is -2.52. The lowest BCUT2D eigenvalue weighted by atomic mass is 9.82. The van der Waals surface area contributed by atoms with Gasteiger partial charge in [0.2, 0.25) is 11.8 Å². The second kappa shape index (κ2) is 4.95. The van der Waals surface area contributed by atoms with Crippen molar-refractivity contribution in [3.63, 3.8) is 0 Å². The Morgan fingerprint density at radius 3 is 2.31 bits per heavy atom. The van der Waals surface area contributed by atoms with Crippen molar-refractivity contribution in [2.75, 3.05) is 6.54 Å². The molecule has 2 N–H and O–H groups in total. The van der Waals surface area contributed by atoms with E-state index in [1.807, 2.05) is 0 Å². The molecule has 2 aliphatic rings. The average Bonchev–Trinajstić information content (AvgIpc) is 2.29. The molecule has 0 spiro atoms.